The van der Waals surface area contributed by atoms with Crippen LogP contribution in [0.1, 0.15) is 50.2 Å². The van der Waals surface area contributed by atoms with Gasteiger partial charge in [-0.05, 0) is 65.6 Å². The third-order valence-electron chi connectivity index (χ3n) is 7.73. The van der Waals surface area contributed by atoms with Crippen molar-refractivity contribution in [3.05, 3.63) is 41.5 Å². The molecule has 1 unspecified atom stereocenters. The van der Waals surface area contributed by atoms with Crippen LogP contribution in [0.25, 0.3) is 11.1 Å². The molecule has 36 heavy (non-hydrogen) atoms. The molecule has 1 saturated heterocycles. The number of phenols is 2. The van der Waals surface area contributed by atoms with E-state index < -0.39 is 5.25 Å². The summed E-state index contributed by atoms with van der Waals surface area (Å²) < 4.78 is 10.9. The van der Waals surface area contributed by atoms with Crippen LogP contribution in [-0.2, 0) is 21.4 Å². The summed E-state index contributed by atoms with van der Waals surface area (Å²) in [7, 11) is 1.53. The van der Waals surface area contributed by atoms with E-state index in [1.54, 1.807) is 6.07 Å². The van der Waals surface area contributed by atoms with Crippen LogP contribution in [0, 0.1) is 0 Å². The maximum absolute atomic E-state index is 12.7. The molecule has 192 valence electrons. The van der Waals surface area contributed by atoms with Crippen molar-refractivity contribution in [2.75, 3.05) is 33.4 Å². The summed E-state index contributed by atoms with van der Waals surface area (Å²) >= 11 is 1.45. The van der Waals surface area contributed by atoms with Crippen LogP contribution in [0.4, 0.5) is 0 Å². The maximum Gasteiger partial charge on any atom is 0.262 e. The molecule has 2 aromatic rings. The van der Waals surface area contributed by atoms with Crippen LogP contribution in [0.5, 0.6) is 17.2 Å². The monoisotopic (exact) mass is 510 g/mol. The van der Waals surface area contributed by atoms with Crippen LogP contribution in [0.15, 0.2) is 35.3 Å². The molecule has 2 aromatic carbocycles. The van der Waals surface area contributed by atoms with Gasteiger partial charge in [-0.15, -0.1) is 0 Å². The number of benzene rings is 2. The van der Waals surface area contributed by atoms with E-state index in [9.17, 15) is 15.0 Å². The van der Waals surface area contributed by atoms with Gasteiger partial charge < -0.3 is 24.6 Å². The Bertz CT molecular complexity index is 1170. The number of rotatable bonds is 5. The lowest BCUT2D eigenvalue weighted by Gasteiger charge is -2.35. The van der Waals surface area contributed by atoms with Gasteiger partial charge in [0.05, 0.1) is 25.6 Å². The normalized spacial score (nSPS) is 21.9. The van der Waals surface area contributed by atoms with Crippen molar-refractivity contribution < 1.29 is 24.5 Å². The minimum absolute atomic E-state index is 0.0488. The molecule has 1 amide bonds. The van der Waals surface area contributed by atoms with Gasteiger partial charge in [0.1, 0.15) is 5.75 Å². The van der Waals surface area contributed by atoms with Gasteiger partial charge in [-0.3, -0.25) is 4.79 Å². The lowest BCUT2D eigenvalue weighted by molar-refractivity contribution is -0.117. The fraction of sp³-hybridized carbons (Fsp3) is 0.500. The minimum atomic E-state index is -0.398. The molecule has 1 atom stereocenters. The van der Waals surface area contributed by atoms with Gasteiger partial charge in [0.2, 0.25) is 0 Å². The second-order valence-electron chi connectivity index (χ2n) is 10.2. The first-order chi connectivity index (χ1) is 17.4. The number of hydrogen-bond acceptors (Lipinski definition) is 7. The second kappa shape index (κ2) is 10.3. The number of aromatic hydroxyl groups is 2. The van der Waals surface area contributed by atoms with E-state index in [0.717, 1.165) is 47.8 Å². The highest BCUT2D eigenvalue weighted by molar-refractivity contribution is 8.15. The van der Waals surface area contributed by atoms with Gasteiger partial charge in [0, 0.05) is 18.7 Å². The molecule has 1 saturated carbocycles. The number of carbonyl (C=O) groups is 1. The van der Waals surface area contributed by atoms with Crippen LogP contribution >= 0.6 is 11.8 Å². The summed E-state index contributed by atoms with van der Waals surface area (Å²) in [5, 5.41) is 22.0. The summed E-state index contributed by atoms with van der Waals surface area (Å²) in [6.07, 6.45) is 6.03. The second-order valence-corrected chi connectivity index (χ2v) is 11.4. The van der Waals surface area contributed by atoms with Gasteiger partial charge in [0.15, 0.2) is 16.7 Å². The third kappa shape index (κ3) is 4.93. The number of phenolic OH excluding ortho intramolecular Hbond substituents is 2. The Hall–Kier alpha value is -2.71. The molecule has 2 N–H and O–H groups in total. The lowest BCUT2D eigenvalue weighted by atomic mass is 9.70. The van der Waals surface area contributed by atoms with E-state index in [-0.39, 0.29) is 17.1 Å². The van der Waals surface area contributed by atoms with E-state index in [2.05, 4.69) is 22.9 Å². The minimum Gasteiger partial charge on any atom is -0.508 e. The topological polar surface area (TPSA) is 91.6 Å². The molecular weight excluding hydrogens is 476 g/mol. The highest BCUT2D eigenvalue weighted by atomic mass is 32.2. The Morgan fingerprint density at radius 2 is 1.86 bits per heavy atom. The van der Waals surface area contributed by atoms with Crippen LogP contribution in [0.3, 0.4) is 0 Å². The number of amides is 1. The Morgan fingerprint density at radius 3 is 2.58 bits per heavy atom. The zero-order valence-electron chi connectivity index (χ0n) is 21.0. The van der Waals surface area contributed by atoms with Gasteiger partial charge in [-0.1, -0.05) is 44.0 Å². The number of morpholine rings is 1. The summed E-state index contributed by atoms with van der Waals surface area (Å²) in [6.45, 7) is 4.95. The molecule has 3 aliphatic rings. The quantitative estimate of drug-likeness (QED) is 0.593. The van der Waals surface area contributed by atoms with Crippen molar-refractivity contribution in [2.45, 2.75) is 56.1 Å². The van der Waals surface area contributed by atoms with Crippen molar-refractivity contribution in [3.63, 3.8) is 0 Å². The molecule has 0 radical (unpaired) electrons. The number of nitrogens with zero attached hydrogens (tertiary/aromatic N) is 2. The number of thioether (sulfide) groups is 1. The summed E-state index contributed by atoms with van der Waals surface area (Å²) in [5.41, 5.74) is 3.39. The number of carbonyl (C=O) groups excluding carboxylic acids is 1. The zero-order valence-corrected chi connectivity index (χ0v) is 21.8. The average Bonchev–Trinajstić information content (AvgIpc) is 3.26. The first-order valence-corrected chi connectivity index (χ1v) is 13.6. The van der Waals surface area contributed by atoms with Crippen molar-refractivity contribution in [2.24, 2.45) is 4.99 Å². The highest BCUT2D eigenvalue weighted by Gasteiger charge is 2.34. The predicted octanol–water partition coefficient (Wildman–Crippen LogP) is 4.87. The number of methoxy groups -OCH3 is 1. The van der Waals surface area contributed by atoms with Gasteiger partial charge in [0.25, 0.3) is 5.91 Å². The van der Waals surface area contributed by atoms with Crippen LogP contribution < -0.4 is 4.74 Å². The van der Waals surface area contributed by atoms with E-state index in [1.165, 1.54) is 38.1 Å². The molecule has 2 fully saturated rings. The number of hydrogen-bond donors (Lipinski definition) is 2. The molecule has 0 aromatic heterocycles. The Morgan fingerprint density at radius 1 is 1.11 bits per heavy atom. The van der Waals surface area contributed by atoms with E-state index in [0.29, 0.717) is 36.7 Å². The largest absolute Gasteiger partial charge is 0.508 e. The first-order valence-electron chi connectivity index (χ1n) is 12.7. The number of aliphatic imine (C=N–C) groups is 1. The van der Waals surface area contributed by atoms with Gasteiger partial charge in [-0.25, -0.2) is 0 Å². The Labute approximate surface area is 216 Å². The molecule has 2 aliphatic heterocycles. The van der Waals surface area contributed by atoms with Crippen molar-refractivity contribution in [3.8, 4) is 28.4 Å². The van der Waals surface area contributed by atoms with E-state index in [4.69, 9.17) is 9.47 Å². The van der Waals surface area contributed by atoms with Crippen LogP contribution in [0.2, 0.25) is 0 Å². The van der Waals surface area contributed by atoms with Gasteiger partial charge >= 0.3 is 0 Å². The van der Waals surface area contributed by atoms with Crippen molar-refractivity contribution in [1.29, 1.82) is 0 Å². The molecule has 0 bridgehead atoms. The average molecular weight is 511 g/mol. The number of amidine groups is 1. The standard InChI is InChI=1S/C28H34N2O5S/c1-28(8-4-3-5-9-28)21-15-18(6-7-22(21)31)19-14-20(25(32)23(16-19)34-2)17-24-26(33)29-27(36-24)30-10-12-35-13-11-30/h6-7,14-16,24,31-32H,3-5,8-13,17H2,1-2H3. The smallest absolute Gasteiger partial charge is 0.262 e. The van der Waals surface area contributed by atoms with E-state index >= 15 is 0 Å². The molecule has 0 spiro atoms. The van der Waals surface area contributed by atoms with E-state index in [1.807, 2.05) is 18.2 Å². The molecular formula is C28H34N2O5S. The SMILES string of the molecule is COc1cc(-c2ccc(O)c(C3(C)CCCCC3)c2)cc(CC2SC(N3CCOCC3)=NC2=O)c1O. The summed E-state index contributed by atoms with van der Waals surface area (Å²) in [4.78, 5) is 19.1. The lowest BCUT2D eigenvalue weighted by Crippen LogP contribution is -2.39. The molecule has 5 rings (SSSR count). The first kappa shape index (κ1) is 25.0. The van der Waals surface area contributed by atoms with Crippen molar-refractivity contribution >= 4 is 22.8 Å². The van der Waals surface area contributed by atoms with Gasteiger partial charge in [-0.2, -0.15) is 4.99 Å². The summed E-state index contributed by atoms with van der Waals surface area (Å²) in [6, 6.07) is 9.48. The fourth-order valence-electron chi connectivity index (χ4n) is 5.54. The fourth-order valence-corrected chi connectivity index (χ4v) is 6.69. The zero-order chi connectivity index (χ0) is 25.3. The van der Waals surface area contributed by atoms with Crippen LogP contribution in [-0.4, -0.2) is 64.9 Å². The highest BCUT2D eigenvalue weighted by Crippen LogP contribution is 2.45. The third-order valence-corrected chi connectivity index (χ3v) is 8.94. The molecule has 2 heterocycles. The predicted molar refractivity (Wildman–Crippen MR) is 142 cm³/mol. The Kier molecular flexibility index (Phi) is 7.17. The number of ether oxygens (including phenoxy) is 2. The molecule has 8 heteroatoms. The molecule has 7 nitrogen and oxygen atoms in total. The van der Waals surface area contributed by atoms with Crippen molar-refractivity contribution in [1.82, 2.24) is 4.90 Å². The summed E-state index contributed by atoms with van der Waals surface area (Å²) in [5.74, 6) is 0.566. The molecule has 1 aliphatic carbocycles. The Balaban J connectivity index is 1.43. The maximum atomic E-state index is 12.7.